The first-order valence-corrected chi connectivity index (χ1v) is 8.70. The zero-order chi connectivity index (χ0) is 19.8. The van der Waals surface area contributed by atoms with Gasteiger partial charge in [0.15, 0.2) is 5.92 Å². The highest BCUT2D eigenvalue weighted by molar-refractivity contribution is 6.07. The molecule has 0 saturated heterocycles. The smallest absolute Gasteiger partial charge is 0.321 e. The van der Waals surface area contributed by atoms with Crippen LogP contribution < -0.4 is 5.32 Å². The SMILES string of the molecule is CCOC(=O)C1C(=O)Nc2nc3ccccc3n2C1c1ccccc1[N+](=O)[O-]. The molecule has 2 heterocycles. The molecule has 1 aliphatic rings. The summed E-state index contributed by atoms with van der Waals surface area (Å²) in [5.74, 6) is -2.41. The van der Waals surface area contributed by atoms with Gasteiger partial charge in [-0.25, -0.2) is 4.98 Å². The van der Waals surface area contributed by atoms with Crippen LogP contribution in [0.15, 0.2) is 48.5 Å². The lowest BCUT2D eigenvalue weighted by Gasteiger charge is -2.31. The second-order valence-corrected chi connectivity index (χ2v) is 6.27. The lowest BCUT2D eigenvalue weighted by molar-refractivity contribution is -0.385. The molecule has 9 nitrogen and oxygen atoms in total. The molecule has 0 bridgehead atoms. The second kappa shape index (κ2) is 6.76. The Labute approximate surface area is 159 Å². The zero-order valence-electron chi connectivity index (χ0n) is 14.9. The molecule has 2 aromatic carbocycles. The number of imidazole rings is 1. The standard InChI is InChI=1S/C19H16N4O5/c1-2-28-18(25)15-16(11-7-3-5-9-13(11)23(26)27)22-14-10-6-4-8-12(14)20-19(22)21-17(15)24/h3-10,15-16H,2H2,1H3,(H,20,21,24). The Morgan fingerprint density at radius 3 is 2.71 bits per heavy atom. The van der Waals surface area contributed by atoms with Crippen molar-refractivity contribution in [2.45, 2.75) is 13.0 Å². The number of carbonyl (C=O) groups is 2. The van der Waals surface area contributed by atoms with Crippen LogP contribution in [0.4, 0.5) is 11.6 Å². The molecule has 4 rings (SSSR count). The van der Waals surface area contributed by atoms with E-state index in [-0.39, 0.29) is 23.8 Å². The maximum absolute atomic E-state index is 12.8. The Morgan fingerprint density at radius 2 is 1.96 bits per heavy atom. The van der Waals surface area contributed by atoms with Crippen LogP contribution in [0.5, 0.6) is 0 Å². The number of nitrogens with zero attached hydrogens (tertiary/aromatic N) is 3. The molecule has 0 saturated carbocycles. The molecule has 1 N–H and O–H groups in total. The maximum Gasteiger partial charge on any atom is 0.321 e. The summed E-state index contributed by atoms with van der Waals surface area (Å²) in [6.45, 7) is 1.72. The molecule has 1 aromatic heterocycles. The fraction of sp³-hybridized carbons (Fsp3) is 0.211. The minimum absolute atomic E-state index is 0.0871. The number of hydrogen-bond acceptors (Lipinski definition) is 6. The highest BCUT2D eigenvalue weighted by Gasteiger charge is 2.46. The lowest BCUT2D eigenvalue weighted by Crippen LogP contribution is -2.43. The summed E-state index contributed by atoms with van der Waals surface area (Å²) in [5.41, 5.74) is 1.31. The molecular formula is C19H16N4O5. The largest absolute Gasteiger partial charge is 0.465 e. The Morgan fingerprint density at radius 1 is 1.25 bits per heavy atom. The number of anilines is 1. The third-order valence-corrected chi connectivity index (χ3v) is 4.70. The van der Waals surface area contributed by atoms with Crippen LogP contribution in [0.3, 0.4) is 0 Å². The number of aromatic nitrogens is 2. The summed E-state index contributed by atoms with van der Waals surface area (Å²) in [5, 5.41) is 14.3. The van der Waals surface area contributed by atoms with E-state index in [4.69, 9.17) is 4.74 Å². The minimum Gasteiger partial charge on any atom is -0.465 e. The summed E-state index contributed by atoms with van der Waals surface area (Å²) >= 11 is 0. The molecular weight excluding hydrogens is 364 g/mol. The van der Waals surface area contributed by atoms with Crippen molar-refractivity contribution < 1.29 is 19.2 Å². The molecule has 2 unspecified atom stereocenters. The summed E-state index contributed by atoms with van der Waals surface area (Å²) in [6, 6.07) is 12.3. The van der Waals surface area contributed by atoms with Gasteiger partial charge < -0.3 is 9.30 Å². The molecule has 0 spiro atoms. The number of nitrogens with one attached hydrogen (secondary N) is 1. The Kier molecular flexibility index (Phi) is 4.26. The molecule has 1 aliphatic heterocycles. The van der Waals surface area contributed by atoms with Crippen molar-refractivity contribution in [3.63, 3.8) is 0 Å². The van der Waals surface area contributed by atoms with Gasteiger partial charge in [0.1, 0.15) is 0 Å². The number of para-hydroxylation sites is 3. The number of ether oxygens (including phenoxy) is 1. The summed E-state index contributed by atoms with van der Waals surface area (Å²) in [6.07, 6.45) is 0. The van der Waals surface area contributed by atoms with Gasteiger partial charge in [-0.1, -0.05) is 30.3 Å². The van der Waals surface area contributed by atoms with Crippen LogP contribution in [-0.4, -0.2) is 33.0 Å². The van der Waals surface area contributed by atoms with Gasteiger partial charge in [-0.2, -0.15) is 0 Å². The maximum atomic E-state index is 12.8. The average Bonchev–Trinajstić information content (AvgIpc) is 3.04. The molecule has 1 amide bonds. The number of esters is 1. The number of carbonyl (C=O) groups excluding carboxylic acids is 2. The van der Waals surface area contributed by atoms with Crippen molar-refractivity contribution in [1.29, 1.82) is 0 Å². The Hall–Kier alpha value is -3.75. The fourth-order valence-electron chi connectivity index (χ4n) is 3.59. The van der Waals surface area contributed by atoms with Crippen LogP contribution in [0.25, 0.3) is 11.0 Å². The van der Waals surface area contributed by atoms with Crippen molar-refractivity contribution in [2.75, 3.05) is 11.9 Å². The molecule has 0 radical (unpaired) electrons. The fourth-order valence-corrected chi connectivity index (χ4v) is 3.59. The predicted molar refractivity (Wildman–Crippen MR) is 99.7 cm³/mol. The van der Waals surface area contributed by atoms with Gasteiger partial charge >= 0.3 is 5.97 Å². The number of nitro benzene ring substituents is 1. The molecule has 2 atom stereocenters. The summed E-state index contributed by atoms with van der Waals surface area (Å²) < 4.78 is 6.76. The van der Waals surface area contributed by atoms with E-state index in [1.165, 1.54) is 12.1 Å². The second-order valence-electron chi connectivity index (χ2n) is 6.27. The van der Waals surface area contributed by atoms with Crippen LogP contribution >= 0.6 is 0 Å². The molecule has 142 valence electrons. The predicted octanol–water partition coefficient (Wildman–Crippen LogP) is 2.67. The number of amides is 1. The normalized spacial score (nSPS) is 18.4. The first-order chi connectivity index (χ1) is 13.5. The Bertz CT molecular complexity index is 1110. The van der Waals surface area contributed by atoms with E-state index in [0.717, 1.165) is 0 Å². The van der Waals surface area contributed by atoms with E-state index in [1.54, 1.807) is 47.9 Å². The first kappa shape index (κ1) is 17.7. The van der Waals surface area contributed by atoms with Gasteiger partial charge in [-0.3, -0.25) is 25.0 Å². The number of nitro groups is 1. The van der Waals surface area contributed by atoms with Gasteiger partial charge in [0, 0.05) is 6.07 Å². The summed E-state index contributed by atoms with van der Waals surface area (Å²) in [7, 11) is 0. The van der Waals surface area contributed by atoms with Gasteiger partial charge in [-0.15, -0.1) is 0 Å². The monoisotopic (exact) mass is 380 g/mol. The molecule has 28 heavy (non-hydrogen) atoms. The molecule has 3 aromatic rings. The highest BCUT2D eigenvalue weighted by atomic mass is 16.6. The van der Waals surface area contributed by atoms with E-state index in [0.29, 0.717) is 11.0 Å². The molecule has 9 heteroatoms. The van der Waals surface area contributed by atoms with Crippen molar-refractivity contribution in [3.05, 3.63) is 64.2 Å². The van der Waals surface area contributed by atoms with Crippen molar-refractivity contribution >= 4 is 34.5 Å². The zero-order valence-corrected chi connectivity index (χ0v) is 14.9. The van der Waals surface area contributed by atoms with Crippen LogP contribution in [0, 0.1) is 16.0 Å². The van der Waals surface area contributed by atoms with Crippen molar-refractivity contribution in [3.8, 4) is 0 Å². The van der Waals surface area contributed by atoms with Crippen LogP contribution in [0.1, 0.15) is 18.5 Å². The minimum atomic E-state index is -1.29. The van der Waals surface area contributed by atoms with E-state index in [9.17, 15) is 19.7 Å². The number of benzene rings is 2. The van der Waals surface area contributed by atoms with Crippen LogP contribution in [-0.2, 0) is 14.3 Å². The first-order valence-electron chi connectivity index (χ1n) is 8.70. The van der Waals surface area contributed by atoms with Crippen LogP contribution in [0.2, 0.25) is 0 Å². The van der Waals surface area contributed by atoms with E-state index in [1.807, 2.05) is 0 Å². The van der Waals surface area contributed by atoms with Gasteiger partial charge in [0.05, 0.1) is 34.2 Å². The summed E-state index contributed by atoms with van der Waals surface area (Å²) in [4.78, 5) is 40.9. The van der Waals surface area contributed by atoms with Crippen molar-refractivity contribution in [2.24, 2.45) is 5.92 Å². The quantitative estimate of drug-likeness (QED) is 0.322. The number of rotatable bonds is 4. The van der Waals surface area contributed by atoms with E-state index in [2.05, 4.69) is 10.3 Å². The topological polar surface area (TPSA) is 116 Å². The van der Waals surface area contributed by atoms with Crippen molar-refractivity contribution in [1.82, 2.24) is 9.55 Å². The van der Waals surface area contributed by atoms with Gasteiger partial charge in [-0.05, 0) is 19.1 Å². The van der Waals surface area contributed by atoms with Gasteiger partial charge in [0.2, 0.25) is 11.9 Å². The van der Waals surface area contributed by atoms with Gasteiger partial charge in [0.25, 0.3) is 5.69 Å². The molecule has 0 fully saturated rings. The number of fused-ring (bicyclic) bond motifs is 3. The van der Waals surface area contributed by atoms with E-state index < -0.39 is 28.8 Å². The third kappa shape index (κ3) is 2.68. The Balaban J connectivity index is 2.02. The van der Waals surface area contributed by atoms with E-state index >= 15 is 0 Å². The lowest BCUT2D eigenvalue weighted by atomic mass is 9.89. The third-order valence-electron chi connectivity index (χ3n) is 4.70. The highest BCUT2D eigenvalue weighted by Crippen LogP contribution is 2.41. The number of hydrogen-bond donors (Lipinski definition) is 1. The molecule has 0 aliphatic carbocycles. The average molecular weight is 380 g/mol.